The van der Waals surface area contributed by atoms with Gasteiger partial charge in [-0.3, -0.25) is 13.9 Å². The monoisotopic (exact) mass is 491 g/mol. The van der Waals surface area contributed by atoms with Crippen LogP contribution in [0.4, 0.5) is 15.8 Å². The summed E-state index contributed by atoms with van der Waals surface area (Å²) in [7, 11) is -2.57. The standard InChI is InChI=1S/C22H22FN3O5S2/c1-31-13-12-24-22(28)18-5-2-3-6-19(18)25-20(27)15-26(17-10-8-16(23)9-11-17)33(29,30)21-7-4-14-32-21/h2-11,14H,12-13,15H2,1H3,(H,24,28)(H,25,27). The smallest absolute Gasteiger partial charge is 0.274 e. The van der Waals surface area contributed by atoms with Crippen molar-refractivity contribution >= 4 is 44.5 Å². The third-order valence-corrected chi connectivity index (χ3v) is 7.63. The van der Waals surface area contributed by atoms with Crippen LogP contribution in [0.5, 0.6) is 0 Å². The number of carbonyl (C=O) groups excluding carboxylic acids is 2. The molecular formula is C22H22FN3O5S2. The van der Waals surface area contributed by atoms with Gasteiger partial charge in [0.05, 0.1) is 23.5 Å². The summed E-state index contributed by atoms with van der Waals surface area (Å²) in [6.07, 6.45) is 0. The number of halogens is 1. The molecule has 0 aliphatic carbocycles. The van der Waals surface area contributed by atoms with Gasteiger partial charge in [0.15, 0.2) is 0 Å². The zero-order valence-corrected chi connectivity index (χ0v) is 19.3. The molecule has 0 bridgehead atoms. The molecule has 3 aromatic rings. The lowest BCUT2D eigenvalue weighted by Gasteiger charge is -2.23. The largest absolute Gasteiger partial charge is 0.383 e. The molecule has 0 atom stereocenters. The number of benzene rings is 2. The van der Waals surface area contributed by atoms with E-state index in [1.54, 1.807) is 29.6 Å². The van der Waals surface area contributed by atoms with E-state index < -0.39 is 34.2 Å². The Morgan fingerprint density at radius 1 is 1.06 bits per heavy atom. The number of thiophene rings is 1. The molecule has 33 heavy (non-hydrogen) atoms. The first-order valence-electron chi connectivity index (χ1n) is 9.81. The predicted octanol–water partition coefficient (Wildman–Crippen LogP) is 3.10. The highest BCUT2D eigenvalue weighted by Crippen LogP contribution is 2.27. The van der Waals surface area contributed by atoms with Crippen molar-refractivity contribution in [3.63, 3.8) is 0 Å². The molecule has 11 heteroatoms. The number of amides is 2. The van der Waals surface area contributed by atoms with Crippen LogP contribution in [0.1, 0.15) is 10.4 Å². The number of nitrogens with zero attached hydrogens (tertiary/aromatic N) is 1. The van der Waals surface area contributed by atoms with Crippen LogP contribution in [0.15, 0.2) is 70.3 Å². The lowest BCUT2D eigenvalue weighted by atomic mass is 10.1. The summed E-state index contributed by atoms with van der Waals surface area (Å²) in [6, 6.07) is 14.2. The van der Waals surface area contributed by atoms with E-state index in [9.17, 15) is 22.4 Å². The van der Waals surface area contributed by atoms with E-state index in [-0.39, 0.29) is 27.7 Å². The maximum Gasteiger partial charge on any atom is 0.274 e. The molecule has 8 nitrogen and oxygen atoms in total. The minimum Gasteiger partial charge on any atom is -0.383 e. The number of nitrogens with one attached hydrogen (secondary N) is 2. The van der Waals surface area contributed by atoms with Crippen molar-refractivity contribution in [1.82, 2.24) is 5.32 Å². The van der Waals surface area contributed by atoms with Gasteiger partial charge in [-0.2, -0.15) is 0 Å². The summed E-state index contributed by atoms with van der Waals surface area (Å²) in [6.45, 7) is 0.0357. The fraction of sp³-hybridized carbons (Fsp3) is 0.182. The number of rotatable bonds is 10. The first kappa shape index (κ1) is 24.4. The molecule has 0 fully saturated rings. The van der Waals surface area contributed by atoms with Crippen molar-refractivity contribution in [3.05, 3.63) is 77.4 Å². The van der Waals surface area contributed by atoms with Gasteiger partial charge >= 0.3 is 0 Å². The fourth-order valence-electron chi connectivity index (χ4n) is 2.91. The van der Waals surface area contributed by atoms with Crippen LogP contribution in [-0.2, 0) is 19.6 Å². The predicted molar refractivity (Wildman–Crippen MR) is 125 cm³/mol. The van der Waals surface area contributed by atoms with Gasteiger partial charge < -0.3 is 15.4 Å². The van der Waals surface area contributed by atoms with Crippen molar-refractivity contribution in [2.75, 3.05) is 36.4 Å². The molecule has 174 valence electrons. The third kappa shape index (κ3) is 6.15. The lowest BCUT2D eigenvalue weighted by molar-refractivity contribution is -0.114. The first-order valence-corrected chi connectivity index (χ1v) is 12.1. The Hall–Kier alpha value is -3.28. The average molecular weight is 492 g/mol. The number of anilines is 2. The van der Waals surface area contributed by atoms with E-state index in [4.69, 9.17) is 4.74 Å². The number of hydrogen-bond acceptors (Lipinski definition) is 6. The third-order valence-electron chi connectivity index (χ3n) is 4.48. The Morgan fingerprint density at radius 2 is 1.79 bits per heavy atom. The number of sulfonamides is 1. The molecule has 1 aromatic heterocycles. The molecule has 0 saturated carbocycles. The van der Waals surface area contributed by atoms with Gasteiger partial charge in [0.1, 0.15) is 16.6 Å². The van der Waals surface area contributed by atoms with Gasteiger partial charge in [-0.1, -0.05) is 18.2 Å². The van der Waals surface area contributed by atoms with E-state index in [1.165, 1.54) is 31.4 Å². The van der Waals surface area contributed by atoms with Crippen LogP contribution in [0.3, 0.4) is 0 Å². The highest BCUT2D eigenvalue weighted by molar-refractivity contribution is 7.94. The van der Waals surface area contributed by atoms with E-state index in [1.807, 2.05) is 0 Å². The maximum atomic E-state index is 13.4. The Bertz CT molecular complexity index is 1200. The number of methoxy groups -OCH3 is 1. The maximum absolute atomic E-state index is 13.4. The highest BCUT2D eigenvalue weighted by Gasteiger charge is 2.28. The van der Waals surface area contributed by atoms with Crippen LogP contribution in [0.2, 0.25) is 0 Å². The van der Waals surface area contributed by atoms with Crippen molar-refractivity contribution in [2.24, 2.45) is 0 Å². The molecule has 2 amide bonds. The van der Waals surface area contributed by atoms with Crippen LogP contribution in [-0.4, -0.2) is 47.0 Å². The first-order chi connectivity index (χ1) is 15.8. The molecule has 0 aliphatic rings. The summed E-state index contributed by atoms with van der Waals surface area (Å²) in [5.41, 5.74) is 0.576. The molecule has 0 unspecified atom stereocenters. The van der Waals surface area contributed by atoms with E-state index in [0.29, 0.717) is 6.61 Å². The van der Waals surface area contributed by atoms with Crippen LogP contribution in [0, 0.1) is 5.82 Å². The van der Waals surface area contributed by atoms with Crippen LogP contribution >= 0.6 is 11.3 Å². The topological polar surface area (TPSA) is 105 Å². The molecule has 2 aromatic carbocycles. The molecule has 0 spiro atoms. The number of ether oxygens (including phenoxy) is 1. The quantitative estimate of drug-likeness (QED) is 0.424. The molecule has 2 N–H and O–H groups in total. The van der Waals surface area contributed by atoms with E-state index >= 15 is 0 Å². The van der Waals surface area contributed by atoms with E-state index in [0.717, 1.165) is 27.8 Å². The zero-order chi connectivity index (χ0) is 23.8. The van der Waals surface area contributed by atoms with Gasteiger partial charge in [-0.25, -0.2) is 12.8 Å². The van der Waals surface area contributed by atoms with Gasteiger partial charge in [-0.15, -0.1) is 11.3 Å². The summed E-state index contributed by atoms with van der Waals surface area (Å²) in [5, 5.41) is 6.88. The van der Waals surface area contributed by atoms with Gasteiger partial charge in [0, 0.05) is 13.7 Å². The molecular weight excluding hydrogens is 469 g/mol. The molecule has 0 aliphatic heterocycles. The minimum atomic E-state index is -4.08. The van der Waals surface area contributed by atoms with Gasteiger partial charge in [0.2, 0.25) is 5.91 Å². The summed E-state index contributed by atoms with van der Waals surface area (Å²) in [4.78, 5) is 25.3. The lowest BCUT2D eigenvalue weighted by Crippen LogP contribution is -2.38. The minimum absolute atomic E-state index is 0.0394. The van der Waals surface area contributed by atoms with Crippen molar-refractivity contribution in [3.8, 4) is 0 Å². The SMILES string of the molecule is COCCNC(=O)c1ccccc1NC(=O)CN(c1ccc(F)cc1)S(=O)(=O)c1cccs1. The summed E-state index contributed by atoms with van der Waals surface area (Å²) >= 11 is 1.00. The van der Waals surface area contributed by atoms with Gasteiger partial charge in [-0.05, 0) is 47.8 Å². The van der Waals surface area contributed by atoms with Gasteiger partial charge in [0.25, 0.3) is 15.9 Å². The molecule has 1 heterocycles. The molecule has 0 radical (unpaired) electrons. The molecule has 0 saturated heterocycles. The Morgan fingerprint density at radius 3 is 2.45 bits per heavy atom. The average Bonchev–Trinajstić information content (AvgIpc) is 3.35. The Labute approximate surface area is 195 Å². The van der Waals surface area contributed by atoms with Crippen LogP contribution < -0.4 is 14.9 Å². The second kappa shape index (κ2) is 11.0. The highest BCUT2D eigenvalue weighted by atomic mass is 32.2. The summed E-state index contributed by atoms with van der Waals surface area (Å²) < 4.78 is 45.6. The van der Waals surface area contributed by atoms with Crippen molar-refractivity contribution in [2.45, 2.75) is 4.21 Å². The number of hydrogen-bond donors (Lipinski definition) is 2. The Balaban J connectivity index is 1.84. The second-order valence-corrected chi connectivity index (χ2v) is 9.80. The normalized spacial score (nSPS) is 11.1. The Kier molecular flexibility index (Phi) is 8.15. The van der Waals surface area contributed by atoms with E-state index in [2.05, 4.69) is 10.6 Å². The second-order valence-electron chi connectivity index (χ2n) is 6.76. The number of carbonyl (C=O) groups is 2. The number of para-hydroxylation sites is 1. The zero-order valence-electron chi connectivity index (χ0n) is 17.7. The molecule has 3 rings (SSSR count). The van der Waals surface area contributed by atoms with Crippen molar-refractivity contribution in [1.29, 1.82) is 0 Å². The van der Waals surface area contributed by atoms with Crippen LogP contribution in [0.25, 0.3) is 0 Å². The summed E-state index contributed by atoms with van der Waals surface area (Å²) in [5.74, 6) is -1.62. The fourth-order valence-corrected chi connectivity index (χ4v) is 5.44. The van der Waals surface area contributed by atoms with Crippen molar-refractivity contribution < 1.29 is 27.1 Å².